The highest BCUT2D eigenvalue weighted by atomic mass is 16.5. The molecule has 6 heteroatoms. The van der Waals surface area contributed by atoms with Gasteiger partial charge in [0, 0.05) is 39.4 Å². The van der Waals surface area contributed by atoms with Gasteiger partial charge in [-0.3, -0.25) is 9.59 Å². The summed E-state index contributed by atoms with van der Waals surface area (Å²) in [6.45, 7) is 5.38. The number of aromatic nitrogens is 1. The van der Waals surface area contributed by atoms with Gasteiger partial charge in [0.1, 0.15) is 11.3 Å². The molecule has 1 aliphatic rings. The van der Waals surface area contributed by atoms with E-state index < -0.39 is 0 Å². The molecule has 1 aliphatic heterocycles. The number of hydrogen-bond donors (Lipinski definition) is 0. The third-order valence-electron chi connectivity index (χ3n) is 4.49. The van der Waals surface area contributed by atoms with Crippen LogP contribution in [0.2, 0.25) is 0 Å². The largest absolute Gasteiger partial charge is 0.494 e. The van der Waals surface area contributed by atoms with E-state index in [0.717, 1.165) is 18.6 Å². The Bertz CT molecular complexity index is 820. The van der Waals surface area contributed by atoms with Gasteiger partial charge in [-0.05, 0) is 32.2 Å². The molecule has 2 heterocycles. The average molecular weight is 329 g/mol. The number of rotatable bonds is 3. The SMILES string of the molecule is CCOc1ccc2c(c1)c(=O)c(C(=O)N1CCN(C)CC1)cn2C. The van der Waals surface area contributed by atoms with Crippen LogP contribution in [0, 0.1) is 0 Å². The van der Waals surface area contributed by atoms with Gasteiger partial charge in [0.2, 0.25) is 5.43 Å². The number of benzene rings is 1. The monoisotopic (exact) mass is 329 g/mol. The molecular formula is C18H23N3O3. The maximum absolute atomic E-state index is 12.9. The molecule has 24 heavy (non-hydrogen) atoms. The molecule has 128 valence electrons. The van der Waals surface area contributed by atoms with E-state index >= 15 is 0 Å². The Hall–Kier alpha value is -2.34. The highest BCUT2D eigenvalue weighted by Crippen LogP contribution is 2.19. The zero-order chi connectivity index (χ0) is 17.3. The molecule has 1 aromatic heterocycles. The van der Waals surface area contributed by atoms with Gasteiger partial charge in [0.15, 0.2) is 0 Å². The lowest BCUT2D eigenvalue weighted by atomic mass is 10.1. The Morgan fingerprint density at radius 1 is 1.17 bits per heavy atom. The highest BCUT2D eigenvalue weighted by molar-refractivity contribution is 5.97. The molecule has 1 saturated heterocycles. The van der Waals surface area contributed by atoms with Crippen molar-refractivity contribution in [2.45, 2.75) is 6.92 Å². The van der Waals surface area contributed by atoms with Crippen LogP contribution in [0.1, 0.15) is 17.3 Å². The smallest absolute Gasteiger partial charge is 0.259 e. The zero-order valence-electron chi connectivity index (χ0n) is 14.4. The average Bonchev–Trinajstić information content (AvgIpc) is 2.58. The number of aryl methyl sites for hydroxylation is 1. The second-order valence-corrected chi connectivity index (χ2v) is 6.19. The first-order chi connectivity index (χ1) is 11.5. The standard InChI is InChI=1S/C18H23N3O3/c1-4-24-13-5-6-16-14(11-13)17(22)15(12-20(16)3)18(23)21-9-7-19(2)8-10-21/h5-6,11-12H,4,7-10H2,1-3H3. The van der Waals surface area contributed by atoms with E-state index in [1.165, 1.54) is 0 Å². The number of amides is 1. The summed E-state index contributed by atoms with van der Waals surface area (Å²) in [7, 11) is 3.88. The third-order valence-corrected chi connectivity index (χ3v) is 4.49. The molecule has 0 aliphatic carbocycles. The van der Waals surface area contributed by atoms with E-state index in [-0.39, 0.29) is 16.9 Å². The molecule has 1 fully saturated rings. The molecular weight excluding hydrogens is 306 g/mol. The van der Waals surface area contributed by atoms with Gasteiger partial charge in [-0.1, -0.05) is 0 Å². The molecule has 0 saturated carbocycles. The van der Waals surface area contributed by atoms with Crippen LogP contribution in [-0.2, 0) is 7.05 Å². The first kappa shape index (κ1) is 16.5. The third kappa shape index (κ3) is 3.01. The van der Waals surface area contributed by atoms with Crippen molar-refractivity contribution in [3.63, 3.8) is 0 Å². The molecule has 0 bridgehead atoms. The molecule has 1 aromatic carbocycles. The summed E-state index contributed by atoms with van der Waals surface area (Å²) >= 11 is 0. The predicted octanol–water partition coefficient (Wildman–Crippen LogP) is 1.32. The maximum atomic E-state index is 12.9. The normalized spacial score (nSPS) is 15.7. The zero-order valence-corrected chi connectivity index (χ0v) is 14.4. The molecule has 0 spiro atoms. The molecule has 0 unspecified atom stereocenters. The molecule has 0 radical (unpaired) electrons. The summed E-state index contributed by atoms with van der Waals surface area (Å²) in [4.78, 5) is 29.6. The fraction of sp³-hybridized carbons (Fsp3) is 0.444. The summed E-state index contributed by atoms with van der Waals surface area (Å²) in [6.07, 6.45) is 1.64. The van der Waals surface area contributed by atoms with Crippen LogP contribution in [0.3, 0.4) is 0 Å². The quantitative estimate of drug-likeness (QED) is 0.852. The minimum Gasteiger partial charge on any atom is -0.494 e. The van der Waals surface area contributed by atoms with Crippen molar-refractivity contribution >= 4 is 16.8 Å². The van der Waals surface area contributed by atoms with Gasteiger partial charge in [-0.25, -0.2) is 0 Å². The molecule has 2 aromatic rings. The number of carbonyl (C=O) groups is 1. The minimum absolute atomic E-state index is 0.188. The summed E-state index contributed by atoms with van der Waals surface area (Å²) in [5.41, 5.74) is 0.787. The summed E-state index contributed by atoms with van der Waals surface area (Å²) in [5.74, 6) is 0.457. The number of likely N-dealkylation sites (N-methyl/N-ethyl adjacent to an activating group) is 1. The van der Waals surface area contributed by atoms with Gasteiger partial charge >= 0.3 is 0 Å². The first-order valence-electron chi connectivity index (χ1n) is 8.25. The van der Waals surface area contributed by atoms with Gasteiger partial charge in [0.25, 0.3) is 5.91 Å². The van der Waals surface area contributed by atoms with Gasteiger partial charge < -0.3 is 19.1 Å². The number of pyridine rings is 1. The molecule has 6 nitrogen and oxygen atoms in total. The van der Waals surface area contributed by atoms with E-state index in [1.54, 1.807) is 17.2 Å². The second-order valence-electron chi connectivity index (χ2n) is 6.19. The van der Waals surface area contributed by atoms with Crippen molar-refractivity contribution in [3.8, 4) is 5.75 Å². The molecule has 3 rings (SSSR count). The predicted molar refractivity (Wildman–Crippen MR) is 93.8 cm³/mol. The summed E-state index contributed by atoms with van der Waals surface area (Å²) in [5, 5.41) is 0.517. The maximum Gasteiger partial charge on any atom is 0.259 e. The van der Waals surface area contributed by atoms with Crippen LogP contribution in [0.4, 0.5) is 0 Å². The van der Waals surface area contributed by atoms with Gasteiger partial charge in [-0.2, -0.15) is 0 Å². The van der Waals surface area contributed by atoms with Gasteiger partial charge in [0.05, 0.1) is 17.5 Å². The summed E-state index contributed by atoms with van der Waals surface area (Å²) in [6, 6.07) is 5.42. The first-order valence-corrected chi connectivity index (χ1v) is 8.25. The van der Waals surface area contributed by atoms with Crippen LogP contribution >= 0.6 is 0 Å². The van der Waals surface area contributed by atoms with Crippen LogP contribution < -0.4 is 10.2 Å². The molecule has 0 N–H and O–H groups in total. The van der Waals surface area contributed by atoms with Crippen LogP contribution in [0.5, 0.6) is 5.75 Å². The number of carbonyl (C=O) groups excluding carboxylic acids is 1. The second kappa shape index (κ2) is 6.65. The lowest BCUT2D eigenvalue weighted by Gasteiger charge is -2.32. The lowest BCUT2D eigenvalue weighted by Crippen LogP contribution is -2.48. The Balaban J connectivity index is 2.03. The van der Waals surface area contributed by atoms with E-state index in [9.17, 15) is 9.59 Å². The van der Waals surface area contributed by atoms with Crippen molar-refractivity contribution in [3.05, 3.63) is 40.2 Å². The van der Waals surface area contributed by atoms with Crippen molar-refractivity contribution < 1.29 is 9.53 Å². The van der Waals surface area contributed by atoms with Crippen molar-refractivity contribution in [2.24, 2.45) is 7.05 Å². The fourth-order valence-electron chi connectivity index (χ4n) is 3.06. The van der Waals surface area contributed by atoms with Gasteiger partial charge in [-0.15, -0.1) is 0 Å². The van der Waals surface area contributed by atoms with E-state index in [4.69, 9.17) is 4.74 Å². The Kier molecular flexibility index (Phi) is 4.57. The number of fused-ring (bicyclic) bond motifs is 1. The van der Waals surface area contributed by atoms with Crippen LogP contribution in [-0.4, -0.2) is 60.1 Å². The number of nitrogens with zero attached hydrogens (tertiary/aromatic N) is 3. The van der Waals surface area contributed by atoms with Crippen LogP contribution in [0.25, 0.3) is 10.9 Å². The van der Waals surface area contributed by atoms with Crippen LogP contribution in [0.15, 0.2) is 29.2 Å². The molecule has 1 amide bonds. The van der Waals surface area contributed by atoms with E-state index in [0.29, 0.717) is 30.8 Å². The number of piperazine rings is 1. The Morgan fingerprint density at radius 3 is 2.54 bits per heavy atom. The highest BCUT2D eigenvalue weighted by Gasteiger charge is 2.23. The minimum atomic E-state index is -0.228. The van der Waals surface area contributed by atoms with Crippen molar-refractivity contribution in [1.82, 2.24) is 14.4 Å². The number of ether oxygens (including phenoxy) is 1. The molecule has 0 atom stereocenters. The van der Waals surface area contributed by atoms with E-state index in [2.05, 4.69) is 4.90 Å². The Morgan fingerprint density at radius 2 is 1.88 bits per heavy atom. The van der Waals surface area contributed by atoms with Crippen molar-refractivity contribution in [1.29, 1.82) is 0 Å². The number of hydrogen-bond acceptors (Lipinski definition) is 4. The Labute approximate surface area is 141 Å². The topological polar surface area (TPSA) is 54.8 Å². The fourth-order valence-corrected chi connectivity index (χ4v) is 3.06. The summed E-state index contributed by atoms with van der Waals surface area (Å²) < 4.78 is 7.32. The van der Waals surface area contributed by atoms with E-state index in [1.807, 2.05) is 37.7 Å². The van der Waals surface area contributed by atoms with Crippen molar-refractivity contribution in [2.75, 3.05) is 39.8 Å². The lowest BCUT2D eigenvalue weighted by molar-refractivity contribution is 0.0662.